The largest absolute Gasteiger partial charge is 0.494 e. The summed E-state index contributed by atoms with van der Waals surface area (Å²) >= 11 is 13.1. The first-order chi connectivity index (χ1) is 22.9. The van der Waals surface area contributed by atoms with Crippen molar-refractivity contribution in [3.8, 4) is 5.75 Å². The summed E-state index contributed by atoms with van der Waals surface area (Å²) in [6.45, 7) is 5.13. The third kappa shape index (κ3) is 9.27. The number of rotatable bonds is 15. The van der Waals surface area contributed by atoms with Gasteiger partial charge in [0.2, 0.25) is 11.8 Å². The second-order valence-electron chi connectivity index (χ2n) is 11.1. The number of nitrogens with zero attached hydrogens (tertiary/aromatic N) is 2. The molecule has 0 aliphatic rings. The minimum atomic E-state index is -4.42. The minimum absolute atomic E-state index is 0.130. The second-order valence-corrected chi connectivity index (χ2v) is 13.8. The third-order valence-electron chi connectivity index (χ3n) is 7.78. The molecule has 12 heteroatoms. The number of carbonyl (C=O) groups excluding carboxylic acids is 2. The van der Waals surface area contributed by atoms with Crippen molar-refractivity contribution in [1.82, 2.24) is 10.2 Å². The van der Waals surface area contributed by atoms with Crippen LogP contribution < -0.4 is 14.4 Å². The Labute approximate surface area is 291 Å². The van der Waals surface area contributed by atoms with Crippen LogP contribution in [0.4, 0.5) is 10.1 Å². The third-order valence-corrected chi connectivity index (χ3v) is 10.3. The summed E-state index contributed by atoms with van der Waals surface area (Å²) in [6.07, 6.45) is 0.778. The van der Waals surface area contributed by atoms with E-state index in [2.05, 4.69) is 5.32 Å². The average Bonchev–Trinajstić information content (AvgIpc) is 3.07. The molecule has 2 amide bonds. The van der Waals surface area contributed by atoms with Gasteiger partial charge in [0, 0.05) is 34.6 Å². The first-order valence-electron chi connectivity index (χ1n) is 15.5. The Balaban J connectivity index is 1.84. The highest BCUT2D eigenvalue weighted by Gasteiger charge is 2.35. The smallest absolute Gasteiger partial charge is 0.264 e. The predicted molar refractivity (Wildman–Crippen MR) is 187 cm³/mol. The van der Waals surface area contributed by atoms with Gasteiger partial charge in [0.1, 0.15) is 24.2 Å². The van der Waals surface area contributed by atoms with Crippen molar-refractivity contribution in [3.05, 3.63) is 124 Å². The quantitative estimate of drug-likeness (QED) is 0.140. The van der Waals surface area contributed by atoms with Crippen molar-refractivity contribution >= 4 is 50.7 Å². The molecule has 0 aliphatic carbocycles. The molecule has 4 aromatic carbocycles. The summed E-state index contributed by atoms with van der Waals surface area (Å²) in [5.74, 6) is -1.22. The van der Waals surface area contributed by atoms with Crippen LogP contribution in [0.1, 0.15) is 38.3 Å². The topological polar surface area (TPSA) is 96.0 Å². The minimum Gasteiger partial charge on any atom is -0.494 e. The standard InChI is InChI=1S/C36H38Cl2FN3O5S/c1-4-25(3)40-36(44)34(22-26-10-7-6-8-11-26)41(23-31-32(37)12-9-13-33(31)38)35(43)24-42(28-16-18-29(19-17-28)47-5-2)48(45,46)30-20-14-27(39)15-21-30/h6-21,25,34H,4-5,22-24H2,1-3H3,(H,40,44)/t25-,34+/m0/s1. The van der Waals surface area contributed by atoms with Crippen molar-refractivity contribution < 1.29 is 27.1 Å². The van der Waals surface area contributed by atoms with Crippen LogP contribution in [-0.4, -0.2) is 50.4 Å². The number of halogens is 3. The Bertz CT molecular complexity index is 1770. The van der Waals surface area contributed by atoms with E-state index in [1.54, 1.807) is 30.3 Å². The molecule has 8 nitrogen and oxygen atoms in total. The molecular weight excluding hydrogens is 676 g/mol. The molecule has 0 radical (unpaired) electrons. The van der Waals surface area contributed by atoms with Crippen LogP contribution in [0.2, 0.25) is 10.0 Å². The molecule has 4 rings (SSSR count). The highest BCUT2D eigenvalue weighted by molar-refractivity contribution is 7.92. The predicted octanol–water partition coefficient (Wildman–Crippen LogP) is 7.28. The summed E-state index contributed by atoms with van der Waals surface area (Å²) in [4.78, 5) is 29.7. The van der Waals surface area contributed by atoms with Gasteiger partial charge in [0.15, 0.2) is 0 Å². The molecule has 0 heterocycles. The Morgan fingerprint density at radius 1 is 0.875 bits per heavy atom. The van der Waals surface area contributed by atoms with Crippen LogP contribution in [0.5, 0.6) is 5.75 Å². The van der Waals surface area contributed by atoms with Gasteiger partial charge in [-0.25, -0.2) is 12.8 Å². The lowest BCUT2D eigenvalue weighted by Gasteiger charge is -2.34. The maximum absolute atomic E-state index is 14.6. The van der Waals surface area contributed by atoms with E-state index in [0.29, 0.717) is 24.3 Å². The van der Waals surface area contributed by atoms with Gasteiger partial charge in [-0.3, -0.25) is 13.9 Å². The maximum atomic E-state index is 14.6. The van der Waals surface area contributed by atoms with E-state index in [1.165, 1.54) is 17.0 Å². The fourth-order valence-electron chi connectivity index (χ4n) is 4.99. The SMILES string of the molecule is CCOc1ccc(N(CC(=O)N(Cc2c(Cl)cccc2Cl)[C@H](Cc2ccccc2)C(=O)N[C@@H](C)CC)S(=O)(=O)c2ccc(F)cc2)cc1. The van der Waals surface area contributed by atoms with Crippen LogP contribution in [0.25, 0.3) is 0 Å². The monoisotopic (exact) mass is 713 g/mol. The number of anilines is 1. The van der Waals surface area contributed by atoms with E-state index in [1.807, 2.05) is 51.1 Å². The Morgan fingerprint density at radius 2 is 1.50 bits per heavy atom. The zero-order chi connectivity index (χ0) is 34.8. The lowest BCUT2D eigenvalue weighted by molar-refractivity contribution is -0.140. The van der Waals surface area contributed by atoms with Crippen LogP contribution in [0, 0.1) is 5.82 Å². The first kappa shape index (κ1) is 36.7. The summed E-state index contributed by atoms with van der Waals surface area (Å²) in [6, 6.07) is 23.4. The number of nitrogens with one attached hydrogen (secondary N) is 1. The number of hydrogen-bond donors (Lipinski definition) is 1. The molecule has 0 saturated carbocycles. The second kappa shape index (κ2) is 16.8. The van der Waals surface area contributed by atoms with Crippen molar-refractivity contribution in [2.24, 2.45) is 0 Å². The van der Waals surface area contributed by atoms with Gasteiger partial charge in [0.05, 0.1) is 17.2 Å². The van der Waals surface area contributed by atoms with Crippen molar-refractivity contribution in [2.75, 3.05) is 17.5 Å². The molecule has 0 aromatic heterocycles. The van der Waals surface area contributed by atoms with Gasteiger partial charge in [-0.05, 0) is 86.5 Å². The number of benzene rings is 4. The van der Waals surface area contributed by atoms with E-state index in [-0.39, 0.29) is 39.6 Å². The number of carbonyl (C=O) groups is 2. The molecule has 48 heavy (non-hydrogen) atoms. The highest BCUT2D eigenvalue weighted by atomic mass is 35.5. The Morgan fingerprint density at radius 3 is 2.08 bits per heavy atom. The lowest BCUT2D eigenvalue weighted by atomic mass is 10.0. The van der Waals surface area contributed by atoms with E-state index in [9.17, 15) is 22.4 Å². The highest BCUT2D eigenvalue weighted by Crippen LogP contribution is 2.30. The average molecular weight is 715 g/mol. The molecule has 0 fully saturated rings. The molecule has 254 valence electrons. The summed E-state index contributed by atoms with van der Waals surface area (Å²) in [5.41, 5.74) is 1.35. The Hall–Kier alpha value is -4.12. The molecular formula is C36H38Cl2FN3O5S. The lowest BCUT2D eigenvalue weighted by Crippen LogP contribution is -2.54. The summed E-state index contributed by atoms with van der Waals surface area (Å²) in [7, 11) is -4.42. The molecule has 1 N–H and O–H groups in total. The van der Waals surface area contributed by atoms with Crippen LogP contribution in [0.3, 0.4) is 0 Å². The van der Waals surface area contributed by atoms with Crippen molar-refractivity contribution in [1.29, 1.82) is 0 Å². The molecule has 2 atom stereocenters. The van der Waals surface area contributed by atoms with Crippen LogP contribution in [0.15, 0.2) is 102 Å². The van der Waals surface area contributed by atoms with Crippen LogP contribution in [-0.2, 0) is 32.6 Å². The normalized spacial score (nSPS) is 12.5. The van der Waals surface area contributed by atoms with E-state index < -0.39 is 40.2 Å². The van der Waals surface area contributed by atoms with E-state index in [4.69, 9.17) is 27.9 Å². The maximum Gasteiger partial charge on any atom is 0.264 e. The molecule has 0 spiro atoms. The number of hydrogen-bond acceptors (Lipinski definition) is 5. The summed E-state index contributed by atoms with van der Waals surface area (Å²) in [5, 5.41) is 3.55. The van der Waals surface area contributed by atoms with Gasteiger partial charge in [-0.2, -0.15) is 0 Å². The van der Waals surface area contributed by atoms with Crippen LogP contribution >= 0.6 is 23.2 Å². The van der Waals surface area contributed by atoms with Gasteiger partial charge < -0.3 is 15.0 Å². The zero-order valence-corrected chi connectivity index (χ0v) is 29.2. The molecule has 0 aliphatic heterocycles. The molecule has 0 bridgehead atoms. The van der Waals surface area contributed by atoms with Crippen molar-refractivity contribution in [2.45, 2.75) is 57.1 Å². The summed E-state index contributed by atoms with van der Waals surface area (Å²) < 4.78 is 48.6. The van der Waals surface area contributed by atoms with E-state index >= 15 is 0 Å². The molecule has 4 aromatic rings. The van der Waals surface area contributed by atoms with E-state index in [0.717, 1.165) is 34.1 Å². The molecule has 0 unspecified atom stereocenters. The van der Waals surface area contributed by atoms with Gasteiger partial charge in [-0.1, -0.05) is 66.5 Å². The number of amides is 2. The molecule has 0 saturated heterocycles. The number of sulfonamides is 1. The van der Waals surface area contributed by atoms with Crippen molar-refractivity contribution in [3.63, 3.8) is 0 Å². The fraction of sp³-hybridized carbons (Fsp3) is 0.278. The first-order valence-corrected chi connectivity index (χ1v) is 17.7. The van der Waals surface area contributed by atoms with Gasteiger partial charge in [-0.15, -0.1) is 0 Å². The number of ether oxygens (including phenoxy) is 1. The Kier molecular flexibility index (Phi) is 12.9. The van der Waals surface area contributed by atoms with Gasteiger partial charge in [0.25, 0.3) is 10.0 Å². The zero-order valence-electron chi connectivity index (χ0n) is 26.9. The van der Waals surface area contributed by atoms with Gasteiger partial charge >= 0.3 is 0 Å². The fourth-order valence-corrected chi connectivity index (χ4v) is 6.92.